The summed E-state index contributed by atoms with van der Waals surface area (Å²) < 4.78 is 0. The minimum atomic E-state index is -2.20. The third-order valence-electron chi connectivity index (χ3n) is 3.70. The molecule has 0 unspecified atom stereocenters. The van der Waals surface area contributed by atoms with Crippen LogP contribution in [0.5, 0.6) is 0 Å². The summed E-state index contributed by atoms with van der Waals surface area (Å²) >= 11 is 0. The summed E-state index contributed by atoms with van der Waals surface area (Å²) in [6, 6.07) is 12.5. The van der Waals surface area contributed by atoms with E-state index >= 15 is 0 Å². The van der Waals surface area contributed by atoms with Gasteiger partial charge in [-0.15, -0.1) is 0 Å². The van der Waals surface area contributed by atoms with Gasteiger partial charge in [-0.3, -0.25) is 0 Å². The second-order valence-electron chi connectivity index (χ2n) is 5.31. The molecule has 18 heavy (non-hydrogen) atoms. The topological polar surface area (TPSA) is 20.2 Å². The zero-order valence-corrected chi connectivity index (χ0v) is 13.0. The molecule has 1 nitrogen and oxygen atoms in total. The van der Waals surface area contributed by atoms with Crippen LogP contribution >= 0.6 is 0 Å². The maximum Gasteiger partial charge on any atom is 0.220 e. The van der Waals surface area contributed by atoms with Gasteiger partial charge in [-0.2, -0.15) is 0 Å². The Balaban J connectivity index is 2.67. The first-order valence-electron chi connectivity index (χ1n) is 7.51. The standard InChI is InChI=1S/C16H28OSi/c1-3-5-10-14-18(17,15-11-6-4-2)16-12-8-7-9-13-16/h7-9,12-13,17H,3-6,10-11,14-15H2,1-2H3. The van der Waals surface area contributed by atoms with Crippen LogP contribution in [0.4, 0.5) is 0 Å². The summed E-state index contributed by atoms with van der Waals surface area (Å²) in [5, 5.41) is 1.23. The number of hydrogen-bond donors (Lipinski definition) is 1. The number of hydrogen-bond acceptors (Lipinski definition) is 1. The van der Waals surface area contributed by atoms with Crippen LogP contribution in [0.25, 0.3) is 0 Å². The zero-order valence-electron chi connectivity index (χ0n) is 12.0. The molecule has 0 fully saturated rings. The fourth-order valence-corrected chi connectivity index (χ4v) is 5.81. The largest absolute Gasteiger partial charge is 0.427 e. The van der Waals surface area contributed by atoms with Gasteiger partial charge in [0.1, 0.15) is 0 Å². The SMILES string of the molecule is CCCCC[Si](O)(CCCCC)c1ccccc1. The predicted molar refractivity (Wildman–Crippen MR) is 82.7 cm³/mol. The lowest BCUT2D eigenvalue weighted by Crippen LogP contribution is -2.47. The van der Waals surface area contributed by atoms with Crippen molar-refractivity contribution in [2.75, 3.05) is 0 Å². The van der Waals surface area contributed by atoms with Gasteiger partial charge in [-0.1, -0.05) is 82.7 Å². The zero-order chi connectivity index (χ0) is 13.3. The highest BCUT2D eigenvalue weighted by molar-refractivity contribution is 6.85. The maximum absolute atomic E-state index is 11.1. The molecule has 0 radical (unpaired) electrons. The van der Waals surface area contributed by atoms with Crippen molar-refractivity contribution in [3.63, 3.8) is 0 Å². The minimum Gasteiger partial charge on any atom is -0.427 e. The van der Waals surface area contributed by atoms with E-state index in [1.807, 2.05) is 6.07 Å². The lowest BCUT2D eigenvalue weighted by atomic mass is 10.3. The molecule has 0 aliphatic carbocycles. The first-order valence-corrected chi connectivity index (χ1v) is 9.87. The summed E-state index contributed by atoms with van der Waals surface area (Å²) in [6.45, 7) is 4.44. The number of benzene rings is 1. The molecule has 0 saturated heterocycles. The van der Waals surface area contributed by atoms with E-state index in [2.05, 4.69) is 38.1 Å². The van der Waals surface area contributed by atoms with Crippen LogP contribution in [-0.4, -0.2) is 13.1 Å². The summed E-state index contributed by atoms with van der Waals surface area (Å²) in [5.74, 6) is 0. The first kappa shape index (κ1) is 15.5. The molecule has 0 amide bonds. The number of unbranched alkanes of at least 4 members (excludes halogenated alkanes) is 4. The summed E-state index contributed by atoms with van der Waals surface area (Å²) in [6.07, 6.45) is 7.31. The molecule has 0 spiro atoms. The van der Waals surface area contributed by atoms with Crippen molar-refractivity contribution in [2.24, 2.45) is 0 Å². The van der Waals surface area contributed by atoms with Gasteiger partial charge >= 0.3 is 0 Å². The second kappa shape index (κ2) is 8.49. The molecule has 0 aliphatic heterocycles. The van der Waals surface area contributed by atoms with Gasteiger partial charge in [-0.25, -0.2) is 0 Å². The summed E-state index contributed by atoms with van der Waals surface area (Å²) in [5.41, 5.74) is 0. The molecule has 0 bridgehead atoms. The van der Waals surface area contributed by atoms with Gasteiger partial charge in [0.05, 0.1) is 0 Å². The molecule has 1 N–H and O–H groups in total. The predicted octanol–water partition coefficient (Wildman–Crippen LogP) is 4.21. The molecular formula is C16H28OSi. The molecule has 1 rings (SSSR count). The first-order chi connectivity index (χ1) is 8.73. The van der Waals surface area contributed by atoms with E-state index in [1.165, 1.54) is 43.7 Å². The van der Waals surface area contributed by atoms with E-state index in [9.17, 15) is 4.80 Å². The third kappa shape index (κ3) is 4.95. The van der Waals surface area contributed by atoms with Crippen molar-refractivity contribution in [3.05, 3.63) is 30.3 Å². The summed E-state index contributed by atoms with van der Waals surface area (Å²) in [7, 11) is -2.20. The average molecular weight is 264 g/mol. The van der Waals surface area contributed by atoms with Gasteiger partial charge in [0.2, 0.25) is 8.32 Å². The Bertz CT molecular complexity index is 300. The van der Waals surface area contributed by atoms with Crippen molar-refractivity contribution >= 4 is 13.5 Å². The van der Waals surface area contributed by atoms with E-state index in [0.717, 1.165) is 12.1 Å². The fourth-order valence-electron chi connectivity index (χ4n) is 2.50. The van der Waals surface area contributed by atoms with Crippen LogP contribution in [-0.2, 0) is 0 Å². The van der Waals surface area contributed by atoms with Gasteiger partial charge < -0.3 is 4.80 Å². The van der Waals surface area contributed by atoms with Crippen LogP contribution in [0.3, 0.4) is 0 Å². The van der Waals surface area contributed by atoms with Crippen LogP contribution < -0.4 is 5.19 Å². The van der Waals surface area contributed by atoms with E-state index in [0.29, 0.717) is 0 Å². The quantitative estimate of drug-likeness (QED) is 0.523. The van der Waals surface area contributed by atoms with E-state index in [-0.39, 0.29) is 0 Å². The highest BCUT2D eigenvalue weighted by Crippen LogP contribution is 2.20. The normalized spacial score (nSPS) is 11.7. The van der Waals surface area contributed by atoms with E-state index < -0.39 is 8.32 Å². The molecule has 0 aromatic heterocycles. The molecule has 2 heteroatoms. The lowest BCUT2D eigenvalue weighted by Gasteiger charge is -2.26. The monoisotopic (exact) mass is 264 g/mol. The molecule has 0 atom stereocenters. The Morgan fingerprint density at radius 2 is 1.33 bits per heavy atom. The fraction of sp³-hybridized carbons (Fsp3) is 0.625. The minimum absolute atomic E-state index is 1.04. The van der Waals surface area contributed by atoms with E-state index in [4.69, 9.17) is 0 Å². The Labute approximate surface area is 113 Å². The molecule has 0 saturated carbocycles. The average Bonchev–Trinajstić information content (AvgIpc) is 2.40. The van der Waals surface area contributed by atoms with Crippen LogP contribution in [0, 0.1) is 0 Å². The Morgan fingerprint density at radius 1 is 0.833 bits per heavy atom. The number of rotatable bonds is 9. The van der Waals surface area contributed by atoms with E-state index in [1.54, 1.807) is 0 Å². The van der Waals surface area contributed by atoms with Crippen LogP contribution in [0.15, 0.2) is 30.3 Å². The highest BCUT2D eigenvalue weighted by Gasteiger charge is 2.31. The van der Waals surface area contributed by atoms with Crippen molar-refractivity contribution in [3.8, 4) is 0 Å². The molecule has 1 aromatic carbocycles. The Morgan fingerprint density at radius 3 is 1.78 bits per heavy atom. The van der Waals surface area contributed by atoms with Crippen molar-refractivity contribution < 1.29 is 4.80 Å². The molecule has 1 aromatic rings. The van der Waals surface area contributed by atoms with Crippen molar-refractivity contribution in [1.29, 1.82) is 0 Å². The molecule has 102 valence electrons. The highest BCUT2D eigenvalue weighted by atomic mass is 28.4. The van der Waals surface area contributed by atoms with Gasteiger partial charge in [0.15, 0.2) is 0 Å². The molecular weight excluding hydrogens is 236 g/mol. The Hall–Kier alpha value is -0.603. The smallest absolute Gasteiger partial charge is 0.220 e. The van der Waals surface area contributed by atoms with Gasteiger partial charge in [0.25, 0.3) is 0 Å². The van der Waals surface area contributed by atoms with Crippen molar-refractivity contribution in [1.82, 2.24) is 0 Å². The van der Waals surface area contributed by atoms with Crippen LogP contribution in [0.1, 0.15) is 52.4 Å². The Kier molecular flexibility index (Phi) is 7.29. The van der Waals surface area contributed by atoms with Crippen molar-refractivity contribution in [2.45, 2.75) is 64.5 Å². The van der Waals surface area contributed by atoms with Gasteiger partial charge in [-0.05, 0) is 17.3 Å². The molecule has 0 aliphatic rings. The third-order valence-corrected chi connectivity index (χ3v) is 7.47. The maximum atomic E-state index is 11.1. The van der Waals surface area contributed by atoms with Crippen LogP contribution in [0.2, 0.25) is 12.1 Å². The summed E-state index contributed by atoms with van der Waals surface area (Å²) in [4.78, 5) is 11.1. The van der Waals surface area contributed by atoms with Gasteiger partial charge in [0, 0.05) is 0 Å². The second-order valence-corrected chi connectivity index (χ2v) is 8.95. The molecule has 0 heterocycles. The lowest BCUT2D eigenvalue weighted by molar-refractivity contribution is 0.529.